The molecule has 5 heterocycles. The van der Waals surface area contributed by atoms with Crippen molar-refractivity contribution in [1.29, 1.82) is 0 Å². The molecule has 274 valence electrons. The molecule has 2 aromatic carbocycles. The highest BCUT2D eigenvalue weighted by molar-refractivity contribution is 9.10. The summed E-state index contributed by atoms with van der Waals surface area (Å²) in [6.07, 6.45) is 10.9. The molecule has 0 amide bonds. The molecule has 2 aliphatic rings. The van der Waals surface area contributed by atoms with E-state index < -0.39 is 7.14 Å². The fourth-order valence-electron chi connectivity index (χ4n) is 6.99. The maximum absolute atomic E-state index is 13.5. The first-order valence-corrected chi connectivity index (χ1v) is 20.9. The van der Waals surface area contributed by atoms with Crippen molar-refractivity contribution in [2.75, 3.05) is 88.5 Å². The quantitative estimate of drug-likeness (QED) is 0.140. The van der Waals surface area contributed by atoms with Gasteiger partial charge >= 0.3 is 0 Å². The van der Waals surface area contributed by atoms with Crippen LogP contribution < -0.4 is 25.6 Å². The van der Waals surface area contributed by atoms with Gasteiger partial charge in [-0.25, -0.2) is 4.98 Å². The first-order chi connectivity index (χ1) is 25.2. The van der Waals surface area contributed by atoms with Crippen molar-refractivity contribution in [2.24, 2.45) is 5.92 Å². The van der Waals surface area contributed by atoms with Gasteiger partial charge in [0, 0.05) is 80.4 Å². The van der Waals surface area contributed by atoms with Crippen LogP contribution >= 0.6 is 23.1 Å². The SMILES string of the molecule is COc1cc(N2CCC(CN3CCOCC3)CC2)c(-c2cnn(CCO)c2)cc1Nc1ncc(Br)c(Nc2ccc3nccnc3c2P(C)(C)=O)n1. The Labute approximate surface area is 311 Å². The summed E-state index contributed by atoms with van der Waals surface area (Å²) in [4.78, 5) is 23.3. The number of rotatable bonds is 12. The lowest BCUT2D eigenvalue weighted by atomic mass is 9.94. The van der Waals surface area contributed by atoms with Crippen LogP contribution in [-0.2, 0) is 15.8 Å². The maximum Gasteiger partial charge on any atom is 0.229 e. The highest BCUT2D eigenvalue weighted by Crippen LogP contribution is 2.43. The van der Waals surface area contributed by atoms with Crippen molar-refractivity contribution in [1.82, 2.24) is 34.6 Å². The lowest BCUT2D eigenvalue weighted by Gasteiger charge is -2.38. The third-order valence-electron chi connectivity index (χ3n) is 9.56. The minimum atomic E-state index is -2.78. The molecule has 52 heavy (non-hydrogen) atoms. The lowest BCUT2D eigenvalue weighted by molar-refractivity contribution is 0.0289. The van der Waals surface area contributed by atoms with Crippen LogP contribution in [0.5, 0.6) is 5.75 Å². The molecule has 7 rings (SSSR count). The van der Waals surface area contributed by atoms with Crippen LogP contribution in [0.25, 0.3) is 22.2 Å². The van der Waals surface area contributed by atoms with Gasteiger partial charge in [0.2, 0.25) is 5.95 Å². The second-order valence-corrected chi connectivity index (χ2v) is 17.5. The van der Waals surface area contributed by atoms with E-state index in [1.807, 2.05) is 24.5 Å². The molecule has 2 saturated heterocycles. The van der Waals surface area contributed by atoms with Gasteiger partial charge in [0.15, 0.2) is 0 Å². The fourth-order valence-corrected chi connectivity index (χ4v) is 8.68. The largest absolute Gasteiger partial charge is 0.494 e. The number of piperidine rings is 1. The first kappa shape index (κ1) is 36.2. The second kappa shape index (κ2) is 15.8. The highest BCUT2D eigenvalue weighted by atomic mass is 79.9. The van der Waals surface area contributed by atoms with E-state index in [0.717, 1.165) is 75.6 Å². The van der Waals surface area contributed by atoms with Crippen LogP contribution in [0.1, 0.15) is 12.8 Å². The van der Waals surface area contributed by atoms with E-state index in [2.05, 4.69) is 68.5 Å². The van der Waals surface area contributed by atoms with Crippen molar-refractivity contribution in [3.63, 3.8) is 0 Å². The van der Waals surface area contributed by atoms with Crippen molar-refractivity contribution >= 4 is 68.2 Å². The van der Waals surface area contributed by atoms with Crippen molar-refractivity contribution in [2.45, 2.75) is 19.4 Å². The molecule has 5 aromatic rings. The van der Waals surface area contributed by atoms with Crippen molar-refractivity contribution < 1.29 is 19.1 Å². The number of aromatic nitrogens is 6. The smallest absolute Gasteiger partial charge is 0.229 e. The number of hydrogen-bond acceptors (Lipinski definition) is 13. The number of aliphatic hydroxyl groups is 1. The summed E-state index contributed by atoms with van der Waals surface area (Å²) < 4.78 is 27.4. The monoisotopic (exact) mass is 790 g/mol. The van der Waals surface area contributed by atoms with Gasteiger partial charge in [-0.15, -0.1) is 0 Å². The summed E-state index contributed by atoms with van der Waals surface area (Å²) in [5, 5.41) is 21.4. The topological polar surface area (TPSA) is 156 Å². The Morgan fingerprint density at radius 1 is 1.02 bits per heavy atom. The van der Waals surface area contributed by atoms with Crippen molar-refractivity contribution in [3.8, 4) is 16.9 Å². The zero-order chi connectivity index (χ0) is 36.2. The summed E-state index contributed by atoms with van der Waals surface area (Å²) in [5.74, 6) is 2.11. The van der Waals surface area contributed by atoms with Crippen LogP contribution in [0.3, 0.4) is 0 Å². The van der Waals surface area contributed by atoms with E-state index in [1.54, 1.807) is 43.7 Å². The maximum atomic E-state index is 13.5. The predicted molar refractivity (Wildman–Crippen MR) is 208 cm³/mol. The summed E-state index contributed by atoms with van der Waals surface area (Å²) in [6.45, 7) is 10.5. The predicted octanol–water partition coefficient (Wildman–Crippen LogP) is 5.33. The van der Waals surface area contributed by atoms with Crippen LogP contribution in [-0.4, -0.2) is 113 Å². The number of benzene rings is 2. The number of fused-ring (bicyclic) bond motifs is 1. The van der Waals surface area contributed by atoms with E-state index in [9.17, 15) is 9.67 Å². The number of anilines is 5. The number of nitrogens with zero attached hydrogens (tertiary/aromatic N) is 8. The number of methoxy groups -OCH3 is 1. The number of morpholine rings is 1. The van der Waals surface area contributed by atoms with Gasteiger partial charge in [0.05, 0.1) is 66.3 Å². The summed E-state index contributed by atoms with van der Waals surface area (Å²) in [7, 11) is -1.13. The summed E-state index contributed by atoms with van der Waals surface area (Å²) >= 11 is 3.59. The standard InChI is InChI=1S/C36H44BrN10O4P/c1-50-32-19-31(46-10-6-24(7-11-46)22-45-13-16-51-17-14-45)26(25-20-41-47(23-25)12-15-48)18-30(32)43-36-40-21-27(37)35(44-36)42-29-5-4-28-33(39-9-8-38-28)34(29)52(2,3)49/h4-5,8-9,18-21,23-24,48H,6-7,10-17,22H2,1-3H3,(H2,40,42,43,44). The highest BCUT2D eigenvalue weighted by Gasteiger charge is 2.27. The zero-order valence-corrected chi connectivity index (χ0v) is 32.1. The number of ether oxygens (including phenoxy) is 2. The van der Waals surface area contributed by atoms with Gasteiger partial charge in [-0.3, -0.25) is 19.5 Å². The van der Waals surface area contributed by atoms with Gasteiger partial charge in [-0.2, -0.15) is 10.1 Å². The summed E-state index contributed by atoms with van der Waals surface area (Å²) in [5.41, 5.74) is 5.54. The van der Waals surface area contributed by atoms with Crippen LogP contribution in [0.2, 0.25) is 0 Å². The number of hydrogen-bond donors (Lipinski definition) is 3. The fraction of sp³-hybridized carbons (Fsp3) is 0.417. The molecule has 2 fully saturated rings. The molecule has 3 N–H and O–H groups in total. The Bertz CT molecular complexity index is 2080. The summed E-state index contributed by atoms with van der Waals surface area (Å²) in [6, 6.07) is 7.83. The third-order valence-corrected chi connectivity index (χ3v) is 11.7. The van der Waals surface area contributed by atoms with E-state index in [0.29, 0.717) is 62.2 Å². The number of halogens is 1. The van der Waals surface area contributed by atoms with Gasteiger partial charge in [0.25, 0.3) is 0 Å². The van der Waals surface area contributed by atoms with E-state index in [4.69, 9.17) is 14.5 Å². The molecule has 0 bridgehead atoms. The van der Waals surface area contributed by atoms with Gasteiger partial charge in [-0.05, 0) is 66.2 Å². The van der Waals surface area contributed by atoms with Crippen LogP contribution in [0.4, 0.5) is 28.8 Å². The Balaban J connectivity index is 1.19. The lowest BCUT2D eigenvalue weighted by Crippen LogP contribution is -2.43. The second-order valence-electron chi connectivity index (χ2n) is 13.5. The Morgan fingerprint density at radius 2 is 1.81 bits per heavy atom. The normalized spacial score (nSPS) is 16.0. The Morgan fingerprint density at radius 3 is 2.56 bits per heavy atom. The van der Waals surface area contributed by atoms with E-state index in [1.165, 1.54) is 0 Å². The number of aliphatic hydroxyl groups excluding tert-OH is 1. The van der Waals surface area contributed by atoms with E-state index in [-0.39, 0.29) is 6.61 Å². The average molecular weight is 792 g/mol. The molecule has 0 unspecified atom stereocenters. The first-order valence-electron chi connectivity index (χ1n) is 17.5. The zero-order valence-electron chi connectivity index (χ0n) is 29.6. The van der Waals surface area contributed by atoms with Crippen molar-refractivity contribution in [3.05, 3.63) is 59.7 Å². The minimum absolute atomic E-state index is 0.000507. The van der Waals surface area contributed by atoms with Gasteiger partial charge < -0.3 is 34.7 Å². The van der Waals surface area contributed by atoms with Crippen LogP contribution in [0, 0.1) is 5.92 Å². The van der Waals surface area contributed by atoms with Crippen LogP contribution in [0.15, 0.2) is 59.7 Å². The number of nitrogens with one attached hydrogen (secondary N) is 2. The Hall–Kier alpha value is -4.14. The molecule has 0 aliphatic carbocycles. The molecule has 2 aliphatic heterocycles. The van der Waals surface area contributed by atoms with E-state index >= 15 is 0 Å². The molecule has 0 saturated carbocycles. The average Bonchev–Trinajstić information content (AvgIpc) is 3.61. The molecular formula is C36H44BrN10O4P. The molecule has 14 nitrogen and oxygen atoms in total. The van der Waals surface area contributed by atoms with Gasteiger partial charge in [-0.1, -0.05) is 0 Å². The third kappa shape index (κ3) is 8.08. The molecule has 0 spiro atoms. The molecule has 0 radical (unpaired) electrons. The minimum Gasteiger partial charge on any atom is -0.494 e. The van der Waals surface area contributed by atoms with Gasteiger partial charge in [0.1, 0.15) is 24.2 Å². The molecule has 3 aromatic heterocycles. The molecule has 0 atom stereocenters. The molecule has 16 heteroatoms. The Kier molecular flexibility index (Phi) is 11.0. The molecular weight excluding hydrogens is 747 g/mol.